The lowest BCUT2D eigenvalue weighted by Crippen LogP contribution is -2.30. The van der Waals surface area contributed by atoms with Gasteiger partial charge in [0.2, 0.25) is 0 Å². The lowest BCUT2D eigenvalue weighted by molar-refractivity contribution is -0.123. The van der Waals surface area contributed by atoms with Crippen molar-refractivity contribution in [3.8, 4) is 5.75 Å². The van der Waals surface area contributed by atoms with Crippen LogP contribution in [0.5, 0.6) is 5.75 Å². The monoisotopic (exact) mass is 398 g/mol. The van der Waals surface area contributed by atoms with Crippen molar-refractivity contribution in [3.05, 3.63) is 64.6 Å². The first-order valence-corrected chi connectivity index (χ1v) is 9.25. The van der Waals surface area contributed by atoms with Crippen molar-refractivity contribution >= 4 is 22.8 Å². The molecule has 7 heteroatoms. The second kappa shape index (κ2) is 8.77. The third kappa shape index (κ3) is 4.56. The molecule has 3 rings (SSSR count). The highest BCUT2D eigenvalue weighted by molar-refractivity contribution is 5.89. The number of hydrogen-bond donors (Lipinski definition) is 2. The quantitative estimate of drug-likeness (QED) is 0.598. The summed E-state index contributed by atoms with van der Waals surface area (Å²) in [6.07, 6.45) is 0.579. The van der Waals surface area contributed by atoms with E-state index in [0.29, 0.717) is 29.8 Å². The van der Waals surface area contributed by atoms with Crippen LogP contribution in [0, 0.1) is 19.7 Å². The fourth-order valence-corrected chi connectivity index (χ4v) is 3.29. The van der Waals surface area contributed by atoms with Gasteiger partial charge < -0.3 is 19.8 Å². The summed E-state index contributed by atoms with van der Waals surface area (Å²) in [6, 6.07) is 9.56. The van der Waals surface area contributed by atoms with Gasteiger partial charge in [0.25, 0.3) is 5.91 Å². The molecular weight excluding hydrogens is 375 g/mol. The molecule has 0 bridgehead atoms. The Morgan fingerprint density at radius 3 is 2.52 bits per heavy atom. The van der Waals surface area contributed by atoms with E-state index in [1.54, 1.807) is 30.3 Å². The van der Waals surface area contributed by atoms with E-state index in [1.165, 1.54) is 13.2 Å². The molecule has 0 radical (unpaired) electrons. The molecule has 0 spiro atoms. The number of aromatic amines is 1. The van der Waals surface area contributed by atoms with Crippen molar-refractivity contribution in [1.29, 1.82) is 0 Å². The average molecular weight is 398 g/mol. The summed E-state index contributed by atoms with van der Waals surface area (Å²) in [5.74, 6) is -0.499. The smallest absolute Gasteiger partial charge is 0.337 e. The van der Waals surface area contributed by atoms with Gasteiger partial charge in [-0.25, -0.2) is 9.18 Å². The number of methoxy groups -OCH3 is 1. The second-order valence-corrected chi connectivity index (χ2v) is 6.75. The molecule has 2 N–H and O–H groups in total. The Hall–Kier alpha value is -3.35. The molecule has 0 saturated carbocycles. The second-order valence-electron chi connectivity index (χ2n) is 6.75. The number of esters is 1. The molecule has 0 aliphatic heterocycles. The third-order valence-corrected chi connectivity index (χ3v) is 4.77. The Morgan fingerprint density at radius 2 is 1.83 bits per heavy atom. The van der Waals surface area contributed by atoms with Crippen molar-refractivity contribution in [3.63, 3.8) is 0 Å². The minimum atomic E-state index is -0.433. The maximum atomic E-state index is 14.0. The molecule has 1 aromatic heterocycles. The largest absolute Gasteiger partial charge is 0.484 e. The molecule has 2 aromatic carbocycles. The van der Waals surface area contributed by atoms with Crippen molar-refractivity contribution < 1.29 is 23.5 Å². The summed E-state index contributed by atoms with van der Waals surface area (Å²) in [7, 11) is 1.31. The third-order valence-electron chi connectivity index (χ3n) is 4.77. The Balaban J connectivity index is 1.53. The van der Waals surface area contributed by atoms with Gasteiger partial charge in [-0.05, 0) is 61.7 Å². The van der Waals surface area contributed by atoms with E-state index < -0.39 is 5.97 Å². The first-order valence-electron chi connectivity index (χ1n) is 9.25. The van der Waals surface area contributed by atoms with E-state index in [9.17, 15) is 14.0 Å². The number of benzene rings is 2. The molecular formula is C22H23FN2O4. The number of ether oxygens (including phenoxy) is 2. The van der Waals surface area contributed by atoms with E-state index in [0.717, 1.165) is 22.2 Å². The number of aryl methyl sites for hydroxylation is 2. The van der Waals surface area contributed by atoms with Gasteiger partial charge in [0.1, 0.15) is 11.6 Å². The summed E-state index contributed by atoms with van der Waals surface area (Å²) in [4.78, 5) is 26.6. The van der Waals surface area contributed by atoms with Crippen LogP contribution < -0.4 is 10.1 Å². The van der Waals surface area contributed by atoms with Crippen LogP contribution in [0.25, 0.3) is 10.9 Å². The zero-order valence-corrected chi connectivity index (χ0v) is 16.6. The first-order chi connectivity index (χ1) is 13.9. The number of amides is 1. The average Bonchev–Trinajstić information content (AvgIpc) is 3.06. The maximum Gasteiger partial charge on any atom is 0.337 e. The number of halogens is 1. The van der Waals surface area contributed by atoms with Crippen molar-refractivity contribution in [1.82, 2.24) is 10.3 Å². The molecule has 29 heavy (non-hydrogen) atoms. The Morgan fingerprint density at radius 1 is 1.10 bits per heavy atom. The molecule has 0 fully saturated rings. The van der Waals surface area contributed by atoms with Crippen molar-refractivity contribution in [2.24, 2.45) is 0 Å². The van der Waals surface area contributed by atoms with Crippen LogP contribution in [0.2, 0.25) is 0 Å². The topological polar surface area (TPSA) is 80.4 Å². The highest BCUT2D eigenvalue weighted by atomic mass is 19.1. The number of carbonyl (C=O) groups is 2. The highest BCUT2D eigenvalue weighted by Gasteiger charge is 2.14. The Bertz CT molecular complexity index is 1040. The lowest BCUT2D eigenvalue weighted by Gasteiger charge is -2.09. The lowest BCUT2D eigenvalue weighted by atomic mass is 10.0. The summed E-state index contributed by atoms with van der Waals surface area (Å²) >= 11 is 0. The molecule has 1 amide bonds. The minimum absolute atomic E-state index is 0.141. The number of carbonyl (C=O) groups excluding carboxylic acids is 2. The fourth-order valence-electron chi connectivity index (χ4n) is 3.29. The molecule has 0 unspecified atom stereocenters. The summed E-state index contributed by atoms with van der Waals surface area (Å²) < 4.78 is 24.1. The highest BCUT2D eigenvalue weighted by Crippen LogP contribution is 2.27. The number of hydrogen-bond acceptors (Lipinski definition) is 4. The van der Waals surface area contributed by atoms with Gasteiger partial charge in [-0.3, -0.25) is 4.79 Å². The van der Waals surface area contributed by atoms with E-state index in [-0.39, 0.29) is 18.3 Å². The van der Waals surface area contributed by atoms with Crippen molar-refractivity contribution in [2.45, 2.75) is 20.3 Å². The van der Waals surface area contributed by atoms with Gasteiger partial charge in [-0.2, -0.15) is 0 Å². The molecule has 6 nitrogen and oxygen atoms in total. The summed E-state index contributed by atoms with van der Waals surface area (Å²) in [6.45, 7) is 4.11. The number of aromatic nitrogens is 1. The summed E-state index contributed by atoms with van der Waals surface area (Å²) in [5, 5.41) is 3.68. The van der Waals surface area contributed by atoms with Gasteiger partial charge in [-0.1, -0.05) is 6.07 Å². The van der Waals surface area contributed by atoms with Crippen LogP contribution in [0.1, 0.15) is 27.2 Å². The van der Waals surface area contributed by atoms with Gasteiger partial charge in [0.15, 0.2) is 6.61 Å². The molecule has 3 aromatic rings. The zero-order chi connectivity index (χ0) is 21.0. The van der Waals surface area contributed by atoms with Crippen LogP contribution in [0.15, 0.2) is 36.4 Å². The minimum Gasteiger partial charge on any atom is -0.484 e. The Labute approximate surface area is 168 Å². The number of rotatable bonds is 7. The van der Waals surface area contributed by atoms with Crippen LogP contribution in [0.4, 0.5) is 4.39 Å². The first kappa shape index (κ1) is 20.4. The fraction of sp³-hybridized carbons (Fsp3) is 0.273. The van der Waals surface area contributed by atoms with Crippen LogP contribution >= 0.6 is 0 Å². The molecule has 0 aliphatic rings. The maximum absolute atomic E-state index is 14.0. The van der Waals surface area contributed by atoms with Gasteiger partial charge in [-0.15, -0.1) is 0 Å². The number of fused-ring (bicyclic) bond motifs is 1. The predicted octanol–water partition coefficient (Wildman–Crippen LogP) is 3.45. The van der Waals surface area contributed by atoms with E-state index in [2.05, 4.69) is 15.0 Å². The van der Waals surface area contributed by atoms with Crippen molar-refractivity contribution in [2.75, 3.05) is 20.3 Å². The van der Waals surface area contributed by atoms with E-state index >= 15 is 0 Å². The standard InChI is InChI=1S/C22H23FN2O4/c1-13-4-9-18(23)21-20(13)17(14(2)25-21)10-11-24-19(26)12-29-16-7-5-15(6-8-16)22(27)28-3/h4-9,25H,10-12H2,1-3H3,(H,24,26). The van der Waals surface area contributed by atoms with Crippen LogP contribution in [-0.4, -0.2) is 37.1 Å². The molecule has 152 valence electrons. The van der Waals surface area contributed by atoms with E-state index in [1.807, 2.05) is 13.8 Å². The van der Waals surface area contributed by atoms with Gasteiger partial charge in [0, 0.05) is 17.6 Å². The SMILES string of the molecule is COC(=O)c1ccc(OCC(=O)NCCc2c(C)[nH]c3c(F)ccc(C)c23)cc1. The van der Waals surface area contributed by atoms with Crippen LogP contribution in [0.3, 0.4) is 0 Å². The van der Waals surface area contributed by atoms with Gasteiger partial charge in [0.05, 0.1) is 18.2 Å². The molecule has 0 aliphatic carbocycles. The molecule has 0 atom stereocenters. The Kier molecular flexibility index (Phi) is 6.16. The number of H-pyrrole nitrogens is 1. The molecule has 0 saturated heterocycles. The summed E-state index contributed by atoms with van der Waals surface area (Å²) in [5.41, 5.74) is 3.79. The normalized spacial score (nSPS) is 10.8. The zero-order valence-electron chi connectivity index (χ0n) is 16.6. The van der Waals surface area contributed by atoms with Crippen LogP contribution in [-0.2, 0) is 16.0 Å². The number of nitrogens with one attached hydrogen (secondary N) is 2. The van der Waals surface area contributed by atoms with Gasteiger partial charge >= 0.3 is 5.97 Å². The van der Waals surface area contributed by atoms with E-state index in [4.69, 9.17) is 4.74 Å². The molecule has 1 heterocycles. The predicted molar refractivity (Wildman–Crippen MR) is 108 cm³/mol.